The molecular formula is C14H24F2O3. The molecule has 0 aromatic carbocycles. The molecule has 0 amide bonds. The molecule has 0 saturated heterocycles. The SMILES string of the molecule is CCOC(=O)C(F)(F)C1(O)CC(C)CCC1C(C)C. The summed E-state index contributed by atoms with van der Waals surface area (Å²) in [6.07, 6.45) is 1.23. The molecule has 1 saturated carbocycles. The number of carbonyl (C=O) groups excluding carboxylic acids is 1. The van der Waals surface area contributed by atoms with Crippen LogP contribution in [0.2, 0.25) is 0 Å². The van der Waals surface area contributed by atoms with Crippen molar-refractivity contribution in [1.29, 1.82) is 0 Å². The van der Waals surface area contributed by atoms with Gasteiger partial charge in [-0.1, -0.05) is 27.2 Å². The number of hydrogen-bond acceptors (Lipinski definition) is 3. The van der Waals surface area contributed by atoms with Gasteiger partial charge in [-0.05, 0) is 37.5 Å². The monoisotopic (exact) mass is 278 g/mol. The number of ether oxygens (including phenoxy) is 1. The molecule has 112 valence electrons. The zero-order valence-corrected chi connectivity index (χ0v) is 12.1. The summed E-state index contributed by atoms with van der Waals surface area (Å²) >= 11 is 0. The van der Waals surface area contributed by atoms with Crippen LogP contribution >= 0.6 is 0 Å². The standard InChI is InChI=1S/C14H24F2O3/c1-5-19-12(17)14(15,16)13(18)8-10(4)6-7-11(13)9(2)3/h9-11,18H,5-8H2,1-4H3. The van der Waals surface area contributed by atoms with E-state index in [0.717, 1.165) is 6.42 Å². The van der Waals surface area contributed by atoms with E-state index >= 15 is 0 Å². The highest BCUT2D eigenvalue weighted by molar-refractivity contribution is 5.79. The molecule has 1 fully saturated rings. The van der Waals surface area contributed by atoms with Crippen molar-refractivity contribution in [2.75, 3.05) is 6.61 Å². The van der Waals surface area contributed by atoms with Crippen molar-refractivity contribution in [2.45, 2.75) is 58.5 Å². The Morgan fingerprint density at radius 3 is 2.53 bits per heavy atom. The summed E-state index contributed by atoms with van der Waals surface area (Å²) in [6.45, 7) is 6.77. The Labute approximate surface area is 113 Å². The topological polar surface area (TPSA) is 46.5 Å². The van der Waals surface area contributed by atoms with Crippen LogP contribution in [0, 0.1) is 17.8 Å². The number of aliphatic hydroxyl groups is 1. The average molecular weight is 278 g/mol. The summed E-state index contributed by atoms with van der Waals surface area (Å²) in [5.41, 5.74) is -2.30. The highest BCUT2D eigenvalue weighted by Crippen LogP contribution is 2.49. The number of esters is 1. The smallest absolute Gasteiger partial charge is 0.380 e. The second-order valence-electron chi connectivity index (χ2n) is 5.96. The Hall–Kier alpha value is -0.710. The normalized spacial score (nSPS) is 32.4. The molecule has 3 unspecified atom stereocenters. The predicted octanol–water partition coefficient (Wildman–Crippen LogP) is 3.01. The molecule has 19 heavy (non-hydrogen) atoms. The molecule has 0 aromatic heterocycles. The summed E-state index contributed by atoms with van der Waals surface area (Å²) in [5.74, 6) is -6.20. The molecule has 3 atom stereocenters. The van der Waals surface area contributed by atoms with Crippen LogP contribution < -0.4 is 0 Å². The number of carbonyl (C=O) groups is 1. The van der Waals surface area contributed by atoms with E-state index in [1.165, 1.54) is 6.92 Å². The van der Waals surface area contributed by atoms with Gasteiger partial charge >= 0.3 is 11.9 Å². The minimum absolute atomic E-state index is 0.0275. The van der Waals surface area contributed by atoms with Crippen LogP contribution in [-0.2, 0) is 9.53 Å². The zero-order valence-electron chi connectivity index (χ0n) is 12.1. The lowest BCUT2D eigenvalue weighted by atomic mass is 9.64. The molecule has 0 aliphatic heterocycles. The highest BCUT2D eigenvalue weighted by atomic mass is 19.3. The fourth-order valence-corrected chi connectivity index (χ4v) is 3.13. The Morgan fingerprint density at radius 2 is 2.05 bits per heavy atom. The molecule has 1 aliphatic rings. The van der Waals surface area contributed by atoms with Crippen LogP contribution in [0.3, 0.4) is 0 Å². The first-order valence-corrected chi connectivity index (χ1v) is 6.94. The number of hydrogen-bond donors (Lipinski definition) is 1. The van der Waals surface area contributed by atoms with Crippen molar-refractivity contribution in [3.63, 3.8) is 0 Å². The Kier molecular flexibility index (Phi) is 4.93. The Bertz CT molecular complexity index is 331. The van der Waals surface area contributed by atoms with Gasteiger partial charge in [0.1, 0.15) is 5.60 Å². The fraction of sp³-hybridized carbons (Fsp3) is 0.929. The third-order valence-corrected chi connectivity index (χ3v) is 4.12. The van der Waals surface area contributed by atoms with Crippen LogP contribution in [-0.4, -0.2) is 29.2 Å². The van der Waals surface area contributed by atoms with Gasteiger partial charge in [-0.25, -0.2) is 4.79 Å². The van der Waals surface area contributed by atoms with Gasteiger partial charge in [0, 0.05) is 0 Å². The van der Waals surface area contributed by atoms with Gasteiger partial charge < -0.3 is 9.84 Å². The minimum atomic E-state index is -3.85. The lowest BCUT2D eigenvalue weighted by molar-refractivity contribution is -0.243. The fourth-order valence-electron chi connectivity index (χ4n) is 3.13. The van der Waals surface area contributed by atoms with E-state index in [1.807, 2.05) is 6.92 Å². The molecular weight excluding hydrogens is 254 g/mol. The van der Waals surface area contributed by atoms with E-state index in [1.54, 1.807) is 13.8 Å². The maximum Gasteiger partial charge on any atom is 0.380 e. The summed E-state index contributed by atoms with van der Waals surface area (Å²) in [5, 5.41) is 10.5. The van der Waals surface area contributed by atoms with Gasteiger partial charge in [0.25, 0.3) is 0 Å². The lowest BCUT2D eigenvalue weighted by Crippen LogP contribution is -2.61. The van der Waals surface area contributed by atoms with Gasteiger partial charge in [-0.15, -0.1) is 0 Å². The summed E-state index contributed by atoms with van der Waals surface area (Å²) < 4.78 is 33.1. The maximum absolute atomic E-state index is 14.3. The van der Waals surface area contributed by atoms with Gasteiger partial charge in [-0.2, -0.15) is 8.78 Å². The van der Waals surface area contributed by atoms with Crippen LogP contribution in [0.5, 0.6) is 0 Å². The minimum Gasteiger partial charge on any atom is -0.461 e. The molecule has 0 spiro atoms. The molecule has 1 N–H and O–H groups in total. The molecule has 0 bridgehead atoms. The first-order chi connectivity index (χ1) is 8.66. The van der Waals surface area contributed by atoms with E-state index in [2.05, 4.69) is 4.74 Å². The maximum atomic E-state index is 14.3. The molecule has 0 heterocycles. The molecule has 0 aromatic rings. The molecule has 1 rings (SSSR count). The summed E-state index contributed by atoms with van der Waals surface area (Å²) in [6, 6.07) is 0. The molecule has 0 radical (unpaired) electrons. The van der Waals surface area contributed by atoms with Crippen LogP contribution in [0.15, 0.2) is 0 Å². The quantitative estimate of drug-likeness (QED) is 0.804. The lowest BCUT2D eigenvalue weighted by Gasteiger charge is -2.47. The van der Waals surface area contributed by atoms with Crippen molar-refractivity contribution in [1.82, 2.24) is 0 Å². The van der Waals surface area contributed by atoms with E-state index < -0.39 is 23.4 Å². The molecule has 5 heteroatoms. The number of halogens is 2. The highest BCUT2D eigenvalue weighted by Gasteiger charge is 2.64. The Balaban J connectivity index is 3.10. The summed E-state index contributed by atoms with van der Waals surface area (Å²) in [7, 11) is 0. The second kappa shape index (κ2) is 5.73. The molecule has 1 aliphatic carbocycles. The van der Waals surface area contributed by atoms with Gasteiger partial charge in [0.15, 0.2) is 0 Å². The van der Waals surface area contributed by atoms with Gasteiger partial charge in [0.2, 0.25) is 0 Å². The predicted molar refractivity (Wildman–Crippen MR) is 67.9 cm³/mol. The van der Waals surface area contributed by atoms with Crippen LogP contribution in [0.1, 0.15) is 47.0 Å². The first kappa shape index (κ1) is 16.3. The van der Waals surface area contributed by atoms with E-state index in [0.29, 0.717) is 6.42 Å². The van der Waals surface area contributed by atoms with Crippen molar-refractivity contribution >= 4 is 5.97 Å². The van der Waals surface area contributed by atoms with Crippen LogP contribution in [0.4, 0.5) is 8.78 Å². The number of rotatable bonds is 4. The van der Waals surface area contributed by atoms with Crippen molar-refractivity contribution in [2.24, 2.45) is 17.8 Å². The number of alkyl halides is 2. The van der Waals surface area contributed by atoms with Crippen molar-refractivity contribution in [3.8, 4) is 0 Å². The Morgan fingerprint density at radius 1 is 1.47 bits per heavy atom. The zero-order chi connectivity index (χ0) is 14.8. The largest absolute Gasteiger partial charge is 0.461 e. The third kappa shape index (κ3) is 2.91. The van der Waals surface area contributed by atoms with E-state index in [4.69, 9.17) is 0 Å². The van der Waals surface area contributed by atoms with E-state index in [-0.39, 0.29) is 24.9 Å². The summed E-state index contributed by atoms with van der Waals surface area (Å²) in [4.78, 5) is 11.5. The van der Waals surface area contributed by atoms with Gasteiger partial charge in [0.05, 0.1) is 6.61 Å². The van der Waals surface area contributed by atoms with Gasteiger partial charge in [-0.3, -0.25) is 0 Å². The van der Waals surface area contributed by atoms with Crippen molar-refractivity contribution < 1.29 is 23.4 Å². The van der Waals surface area contributed by atoms with Crippen LogP contribution in [0.25, 0.3) is 0 Å². The second-order valence-corrected chi connectivity index (χ2v) is 5.96. The third-order valence-electron chi connectivity index (χ3n) is 4.12. The van der Waals surface area contributed by atoms with E-state index in [9.17, 15) is 18.7 Å². The first-order valence-electron chi connectivity index (χ1n) is 6.94. The average Bonchev–Trinajstić information content (AvgIpc) is 2.28. The molecule has 3 nitrogen and oxygen atoms in total. The van der Waals surface area contributed by atoms with Crippen molar-refractivity contribution in [3.05, 3.63) is 0 Å².